The number of likely N-dealkylation sites (tertiary alicyclic amines) is 2. The summed E-state index contributed by atoms with van der Waals surface area (Å²) in [5.74, 6) is -6.33. The molecule has 143 heavy (non-hydrogen) atoms. The highest BCUT2D eigenvalue weighted by Crippen LogP contribution is 2.48. The van der Waals surface area contributed by atoms with Gasteiger partial charge >= 0.3 is 61.0 Å². The van der Waals surface area contributed by atoms with Crippen molar-refractivity contribution in [2.45, 2.75) is 269 Å². The first-order valence-electron chi connectivity index (χ1n) is 47.7. The predicted molar refractivity (Wildman–Crippen MR) is 492 cm³/mol. The number of carbonyl (C=O) groups excluding carboxylic acids is 2. The normalized spacial score (nSPS) is 21.9. The fourth-order valence-corrected chi connectivity index (χ4v) is 20.5. The summed E-state index contributed by atoms with van der Waals surface area (Å²) in [7, 11) is 5.17. The summed E-state index contributed by atoms with van der Waals surface area (Å²) in [6.07, 6.45) is -2.39. The number of ether oxygens (including phenoxy) is 2. The molecule has 776 valence electrons. The highest BCUT2D eigenvalue weighted by atomic mass is 19.4. The summed E-state index contributed by atoms with van der Waals surface area (Å²) in [4.78, 5) is 90.8. The van der Waals surface area contributed by atoms with Crippen LogP contribution in [0.4, 0.5) is 108 Å². The number of anilines is 4. The maximum Gasteiger partial charge on any atom is 0.416 e. The molecule has 3 aliphatic carbocycles. The molecule has 9 aromatic rings. The van der Waals surface area contributed by atoms with Gasteiger partial charge in [-0.15, -0.1) is 5.10 Å². The molecule has 5 aromatic heterocycles. The Bertz CT molecular complexity index is 5750. The molecular weight excluding hydrogens is 1910 g/mol. The van der Waals surface area contributed by atoms with Gasteiger partial charge in [0, 0.05) is 161 Å². The predicted octanol–water partition coefficient (Wildman–Crippen LogP) is 22.3. The second kappa shape index (κ2) is 44.8. The number of nitrogens with zero attached hydrogens (tertiary/aromatic N) is 17. The Hall–Kier alpha value is -12.4. The van der Waals surface area contributed by atoms with E-state index in [9.17, 15) is 114 Å². The fraction of sp³-hybridized carbons (Fsp3) is 0.545. The second-order valence-electron chi connectivity index (χ2n) is 38.4. The van der Waals surface area contributed by atoms with Gasteiger partial charge in [0.2, 0.25) is 11.9 Å². The summed E-state index contributed by atoms with van der Waals surface area (Å²) < 4.78 is 250. The van der Waals surface area contributed by atoms with Crippen LogP contribution in [0.3, 0.4) is 0 Å². The first kappa shape index (κ1) is 108. The maximum absolute atomic E-state index is 14.4. The van der Waals surface area contributed by atoms with Gasteiger partial charge in [0.1, 0.15) is 6.10 Å². The van der Waals surface area contributed by atoms with Crippen LogP contribution in [0.1, 0.15) is 229 Å². The number of hydrogen-bond acceptors (Lipinski definition) is 19. The van der Waals surface area contributed by atoms with Crippen LogP contribution in [0.2, 0.25) is 0 Å². The Morgan fingerprint density at radius 1 is 0.476 bits per heavy atom. The molecule has 15 rings (SSSR count). The second-order valence-corrected chi connectivity index (χ2v) is 38.4. The third-order valence-corrected chi connectivity index (χ3v) is 28.0. The van der Waals surface area contributed by atoms with E-state index in [0.29, 0.717) is 157 Å². The molecule has 3 aliphatic heterocycles. The van der Waals surface area contributed by atoms with Gasteiger partial charge in [-0.05, 0) is 248 Å². The van der Waals surface area contributed by atoms with Crippen LogP contribution in [0, 0.1) is 43.4 Å². The fourth-order valence-electron chi connectivity index (χ4n) is 20.5. The largest absolute Gasteiger partial charge is 0.481 e. The number of fused-ring (bicyclic) bond motifs is 1. The van der Waals surface area contributed by atoms with E-state index in [0.717, 1.165) is 84.6 Å². The van der Waals surface area contributed by atoms with Gasteiger partial charge in [-0.3, -0.25) is 19.1 Å². The molecule has 2 saturated heterocycles. The van der Waals surface area contributed by atoms with Crippen molar-refractivity contribution in [3.63, 3.8) is 0 Å². The maximum atomic E-state index is 14.4. The number of carbonyl (C=O) groups is 5. The monoisotopic (exact) mass is 2030 g/mol. The number of piperidine rings is 1. The van der Waals surface area contributed by atoms with Crippen molar-refractivity contribution in [1.82, 2.24) is 64.3 Å². The molecule has 4 aromatic carbocycles. The van der Waals surface area contributed by atoms with Crippen molar-refractivity contribution in [1.29, 1.82) is 0 Å². The van der Waals surface area contributed by atoms with E-state index < -0.39 is 137 Å². The number of benzene rings is 4. The summed E-state index contributed by atoms with van der Waals surface area (Å²) in [6.45, 7) is 11.1. The summed E-state index contributed by atoms with van der Waals surface area (Å²) in [5.41, 5.74) is -1.03. The van der Waals surface area contributed by atoms with Crippen LogP contribution < -0.4 is 19.6 Å². The van der Waals surface area contributed by atoms with Crippen LogP contribution in [0.15, 0.2) is 122 Å². The molecule has 5 fully saturated rings. The standard InChI is InChI=1S/C35H41F6N5O4.C32H36F6N6O4.C32H39F5N6O2/c1-4-27-15-29(16-28(5-2)46(27)33(49)50-30-8-6-22(7-9-30)31(47)48)45(32-42-17-24(18-43-32)23-10-11-44(3)20-23)19-21-12-25(34(36,37)38)14-26(13-21)35(39,40)41;1-3-26-11-27(17-44(26)30(47)48-18-19-4-6-21(7-5-19)28(45)46)43(29-39-12-22(13-40-29)23-14-41-42(2)16-23)15-20-8-24(31(33,34)35)10-25(9-20)32(36,37)38;1-19-12-20(2)28-26(13-19)27(6-5-11-42(28)17-21-7-9-23(10-8-21)29(44)45)43(30-38-40-41(4)39-30)18-22-14-24(31(3,33)34)16-25(15-22)32(35,36)37/h10-14,17-18,20,22,27-30H,4-9,15-16,19H2,1-3H3,(H,47,48);8-10,12-14,16,19,21,26-27H,3-7,11,15,17-18H2,1-2H3,(H,45,46);12-16,21,23,27H,5-11,17-18H2,1-4H3,(H,44,45)/t22?,27-,28+,29?,30?;19?,21?,26-,27+;21?,23?,27-/m.10/s1. The Labute approximate surface area is 814 Å². The highest BCUT2D eigenvalue weighted by Gasteiger charge is 2.47. The van der Waals surface area contributed by atoms with E-state index >= 15 is 0 Å². The third-order valence-electron chi connectivity index (χ3n) is 28.0. The Morgan fingerprint density at radius 3 is 1.34 bits per heavy atom. The minimum atomic E-state index is -5.02. The van der Waals surface area contributed by atoms with Gasteiger partial charge in [0.25, 0.3) is 11.9 Å². The average molecular weight is 2030 g/mol. The number of halogens is 17. The molecule has 3 saturated carbocycles. The molecule has 44 heteroatoms. The number of carboxylic acids is 3. The van der Waals surface area contributed by atoms with Crippen LogP contribution >= 0.6 is 0 Å². The highest BCUT2D eigenvalue weighted by molar-refractivity contribution is 5.73. The van der Waals surface area contributed by atoms with E-state index in [4.69, 9.17) is 9.47 Å². The first-order chi connectivity index (χ1) is 67.3. The van der Waals surface area contributed by atoms with Crippen molar-refractivity contribution < 1.29 is 123 Å². The lowest BCUT2D eigenvalue weighted by Gasteiger charge is -2.47. The lowest BCUT2D eigenvalue weighted by molar-refractivity contribution is -0.144. The molecule has 2 amide bonds. The van der Waals surface area contributed by atoms with Gasteiger partial charge < -0.3 is 58.8 Å². The number of aliphatic carboxylic acids is 3. The molecule has 0 bridgehead atoms. The molecule has 27 nitrogen and oxygen atoms in total. The van der Waals surface area contributed by atoms with Crippen LogP contribution in [0.5, 0.6) is 0 Å². The minimum absolute atomic E-state index is 0.0231. The van der Waals surface area contributed by atoms with E-state index in [1.165, 1.54) is 27.0 Å². The van der Waals surface area contributed by atoms with E-state index in [2.05, 4.69) is 57.5 Å². The summed E-state index contributed by atoms with van der Waals surface area (Å²) in [5, 5.41) is 44.7. The van der Waals surface area contributed by atoms with Crippen molar-refractivity contribution in [3.8, 4) is 22.3 Å². The topological polar surface area (TPSA) is 302 Å². The zero-order valence-corrected chi connectivity index (χ0v) is 80.3. The number of rotatable bonds is 26. The smallest absolute Gasteiger partial charge is 0.416 e. The number of tetrazole rings is 1. The van der Waals surface area contributed by atoms with Gasteiger partial charge in [-0.2, -0.15) is 75.8 Å². The van der Waals surface area contributed by atoms with Gasteiger partial charge in [-0.25, -0.2) is 38.3 Å². The van der Waals surface area contributed by atoms with Crippen LogP contribution in [0.25, 0.3) is 22.3 Å². The zero-order valence-electron chi connectivity index (χ0n) is 80.3. The molecule has 3 N–H and O–H groups in total. The van der Waals surface area contributed by atoms with Crippen molar-refractivity contribution in [2.24, 2.45) is 50.7 Å². The summed E-state index contributed by atoms with van der Waals surface area (Å²) in [6, 6.07) is 9.14. The molecule has 6 aliphatic rings. The first-order valence-corrected chi connectivity index (χ1v) is 47.7. The molecule has 0 spiro atoms. The molecule has 0 radical (unpaired) electrons. The number of aromatic nitrogens is 11. The number of carboxylic acid groups (broad SMARTS) is 3. The number of aryl methyl sites for hydroxylation is 5. The van der Waals surface area contributed by atoms with Crippen LogP contribution in [-0.4, -0.2) is 172 Å². The van der Waals surface area contributed by atoms with Crippen molar-refractivity contribution in [3.05, 3.63) is 189 Å². The van der Waals surface area contributed by atoms with Crippen molar-refractivity contribution in [2.75, 3.05) is 45.8 Å². The van der Waals surface area contributed by atoms with E-state index in [-0.39, 0.29) is 109 Å². The third kappa shape index (κ3) is 27.4. The number of alkyl halides is 17. The number of hydrogen-bond donors (Lipinski definition) is 3. The van der Waals surface area contributed by atoms with Gasteiger partial charge in [0.15, 0.2) is 0 Å². The molecule has 1 unspecified atom stereocenters. The van der Waals surface area contributed by atoms with Gasteiger partial charge in [0.05, 0.1) is 77.5 Å². The quantitative estimate of drug-likeness (QED) is 0.0424. The van der Waals surface area contributed by atoms with Crippen molar-refractivity contribution >= 4 is 53.6 Å². The molecule has 6 atom stereocenters. The van der Waals surface area contributed by atoms with Gasteiger partial charge in [-0.1, -0.05) is 43.6 Å². The average Bonchev–Trinajstić information content (AvgIpc) is 1.74. The Kier molecular flexibility index (Phi) is 33.8. The zero-order chi connectivity index (χ0) is 104. The lowest BCUT2D eigenvalue weighted by Crippen LogP contribution is -2.57. The van der Waals surface area contributed by atoms with E-state index in [1.807, 2.05) is 64.7 Å². The minimum Gasteiger partial charge on any atom is -0.481 e. The lowest BCUT2D eigenvalue weighted by atomic mass is 9.81. The molecular formula is C99H116F17N17O10. The van der Waals surface area contributed by atoms with Crippen LogP contribution in [-0.2, 0) is 101 Å². The Balaban J connectivity index is 0.000000180. The van der Waals surface area contributed by atoms with E-state index in [1.54, 1.807) is 58.3 Å². The Morgan fingerprint density at radius 2 is 0.916 bits per heavy atom. The number of amides is 2. The summed E-state index contributed by atoms with van der Waals surface area (Å²) >= 11 is 0. The molecule has 8 heterocycles. The SMILES string of the molecule is CC[C@@H]1CC(N(Cc2cc(C(F)(F)F)cc(C(F)(F)F)c2)c2ncc(-c3ccn(C)c3)cn2)C[C@H](CC)N1C(=O)OC1CCC(C(=O)O)CC1.CC[C@@H]1C[C@H](N(Cc2cc(C(F)(F)F)cc(C(F)(F)F)c2)c2ncc(-c3cnn(C)c3)cn2)CN1C(=O)OCC1CCC(C(=O)O)CC1.Cc1cc(C)c2c(c1)[C@@H](N(Cc1cc(C(C)(F)F)cc(C(F)(F)F)c1)c1nnn(C)n1)CCCN2CC1CCC(C(=O)O)CC1.